The molecule has 2 aliphatic rings. The summed E-state index contributed by atoms with van der Waals surface area (Å²) in [5.74, 6) is -0.506. The number of hydrogen-bond donors (Lipinski definition) is 0. The molecule has 4 rings (SSSR count). The number of halogens is 1. The van der Waals surface area contributed by atoms with E-state index >= 15 is 0 Å². The van der Waals surface area contributed by atoms with Crippen molar-refractivity contribution in [3.63, 3.8) is 0 Å². The zero-order chi connectivity index (χ0) is 19.1. The molecule has 0 saturated carbocycles. The van der Waals surface area contributed by atoms with Gasteiger partial charge in [0.05, 0.1) is 5.75 Å². The van der Waals surface area contributed by atoms with E-state index in [0.29, 0.717) is 38.2 Å². The highest BCUT2D eigenvalue weighted by Crippen LogP contribution is 2.42. The number of nitrogens with zero attached hydrogens (tertiary/aromatic N) is 2. The van der Waals surface area contributed by atoms with Crippen LogP contribution in [0.15, 0.2) is 54.6 Å². The van der Waals surface area contributed by atoms with Crippen molar-refractivity contribution in [2.24, 2.45) is 5.41 Å². The molecule has 0 aliphatic carbocycles. The first kappa shape index (κ1) is 18.1. The fourth-order valence-electron chi connectivity index (χ4n) is 4.06. The Morgan fingerprint density at radius 2 is 1.81 bits per heavy atom. The van der Waals surface area contributed by atoms with Gasteiger partial charge in [-0.2, -0.15) is 0 Å². The SMILES string of the molecule is O=C1C[C@@]2(CCN(S(=O)(=O)Cc3ccccc3)C2)CN1c1cccc(F)c1. The third-order valence-corrected chi connectivity index (χ3v) is 7.23. The van der Waals surface area contributed by atoms with Crippen molar-refractivity contribution in [1.29, 1.82) is 0 Å². The van der Waals surface area contributed by atoms with Gasteiger partial charge in [-0.25, -0.2) is 17.1 Å². The van der Waals surface area contributed by atoms with Crippen LogP contribution in [0.5, 0.6) is 0 Å². The van der Waals surface area contributed by atoms with E-state index in [1.54, 1.807) is 29.2 Å². The number of sulfonamides is 1. The normalized spacial score (nSPS) is 23.4. The molecule has 0 unspecified atom stereocenters. The molecular weight excluding hydrogens is 367 g/mol. The summed E-state index contributed by atoms with van der Waals surface area (Å²) < 4.78 is 40.6. The first-order valence-corrected chi connectivity index (χ1v) is 10.6. The third-order valence-electron chi connectivity index (χ3n) is 5.43. The van der Waals surface area contributed by atoms with Crippen LogP contribution in [-0.4, -0.2) is 38.3 Å². The predicted octanol–water partition coefficient (Wildman–Crippen LogP) is 2.78. The minimum Gasteiger partial charge on any atom is -0.312 e. The van der Waals surface area contributed by atoms with Crippen LogP contribution in [0.3, 0.4) is 0 Å². The van der Waals surface area contributed by atoms with Crippen molar-refractivity contribution < 1.29 is 17.6 Å². The molecule has 5 nitrogen and oxygen atoms in total. The number of carbonyl (C=O) groups excluding carboxylic acids is 1. The maximum Gasteiger partial charge on any atom is 0.227 e. The average Bonchev–Trinajstić information content (AvgIpc) is 3.19. The van der Waals surface area contributed by atoms with Gasteiger partial charge in [0.15, 0.2) is 0 Å². The Hall–Kier alpha value is -2.25. The second kappa shape index (κ2) is 6.73. The molecular formula is C20H21FN2O3S. The van der Waals surface area contributed by atoms with Gasteiger partial charge in [-0.3, -0.25) is 4.79 Å². The Morgan fingerprint density at radius 3 is 2.56 bits per heavy atom. The molecule has 2 aromatic rings. The lowest BCUT2D eigenvalue weighted by atomic mass is 9.86. The van der Waals surface area contributed by atoms with Crippen molar-refractivity contribution in [1.82, 2.24) is 4.31 Å². The zero-order valence-corrected chi connectivity index (χ0v) is 15.7. The number of rotatable bonds is 4. The standard InChI is InChI=1S/C20H21FN2O3S/c21-17-7-4-8-18(11-17)23-15-20(12-19(23)24)9-10-22(14-20)27(25,26)13-16-5-2-1-3-6-16/h1-8,11H,9-10,12-15H2/t20-/m1/s1. The quantitative estimate of drug-likeness (QED) is 0.809. The molecule has 1 spiro atoms. The van der Waals surface area contributed by atoms with Crippen LogP contribution in [-0.2, 0) is 20.6 Å². The minimum absolute atomic E-state index is 0.0362. The van der Waals surface area contributed by atoms with Crippen molar-refractivity contribution in [2.45, 2.75) is 18.6 Å². The number of carbonyl (C=O) groups is 1. The fraction of sp³-hybridized carbons (Fsp3) is 0.350. The molecule has 7 heteroatoms. The maximum atomic E-state index is 13.5. The van der Waals surface area contributed by atoms with Crippen LogP contribution < -0.4 is 4.90 Å². The van der Waals surface area contributed by atoms with Crippen LogP contribution in [0.25, 0.3) is 0 Å². The predicted molar refractivity (Wildman–Crippen MR) is 101 cm³/mol. The van der Waals surface area contributed by atoms with Crippen LogP contribution in [0, 0.1) is 11.2 Å². The molecule has 27 heavy (non-hydrogen) atoms. The molecule has 142 valence electrons. The monoisotopic (exact) mass is 388 g/mol. The summed E-state index contributed by atoms with van der Waals surface area (Å²) >= 11 is 0. The van der Waals surface area contributed by atoms with Gasteiger partial charge in [-0.15, -0.1) is 0 Å². The van der Waals surface area contributed by atoms with Gasteiger partial charge in [0, 0.05) is 37.2 Å². The van der Waals surface area contributed by atoms with E-state index in [0.717, 1.165) is 5.56 Å². The van der Waals surface area contributed by atoms with E-state index in [2.05, 4.69) is 0 Å². The average molecular weight is 388 g/mol. The topological polar surface area (TPSA) is 57.7 Å². The van der Waals surface area contributed by atoms with E-state index in [4.69, 9.17) is 0 Å². The van der Waals surface area contributed by atoms with Gasteiger partial charge in [0.1, 0.15) is 5.82 Å². The molecule has 0 bridgehead atoms. The third kappa shape index (κ3) is 3.61. The summed E-state index contributed by atoms with van der Waals surface area (Å²) in [7, 11) is -3.44. The summed E-state index contributed by atoms with van der Waals surface area (Å²) in [6, 6.07) is 15.1. The Bertz CT molecular complexity index is 964. The van der Waals surface area contributed by atoms with Crippen molar-refractivity contribution in [3.05, 3.63) is 66.0 Å². The molecule has 2 saturated heterocycles. The molecule has 1 amide bonds. The molecule has 2 fully saturated rings. The lowest BCUT2D eigenvalue weighted by molar-refractivity contribution is -0.117. The zero-order valence-electron chi connectivity index (χ0n) is 14.8. The Balaban J connectivity index is 1.50. The van der Waals surface area contributed by atoms with E-state index in [-0.39, 0.29) is 17.5 Å². The van der Waals surface area contributed by atoms with Gasteiger partial charge < -0.3 is 4.90 Å². The van der Waals surface area contributed by atoms with E-state index in [1.807, 2.05) is 18.2 Å². The highest BCUT2D eigenvalue weighted by Gasteiger charge is 2.50. The minimum atomic E-state index is -3.44. The summed E-state index contributed by atoms with van der Waals surface area (Å²) in [6.07, 6.45) is 0.930. The van der Waals surface area contributed by atoms with Gasteiger partial charge >= 0.3 is 0 Å². The molecule has 1 atom stereocenters. The lowest BCUT2D eigenvalue weighted by Gasteiger charge is -2.24. The summed E-state index contributed by atoms with van der Waals surface area (Å²) in [5, 5.41) is 0. The number of hydrogen-bond acceptors (Lipinski definition) is 3. The van der Waals surface area contributed by atoms with Crippen LogP contribution in [0.1, 0.15) is 18.4 Å². The molecule has 2 aliphatic heterocycles. The summed E-state index contributed by atoms with van der Waals surface area (Å²) in [6.45, 7) is 1.17. The second-order valence-electron chi connectivity index (χ2n) is 7.46. The van der Waals surface area contributed by atoms with Gasteiger partial charge in [0.2, 0.25) is 15.9 Å². The van der Waals surface area contributed by atoms with E-state index < -0.39 is 15.4 Å². The smallest absolute Gasteiger partial charge is 0.227 e. The molecule has 0 N–H and O–H groups in total. The molecule has 2 heterocycles. The van der Waals surface area contributed by atoms with Gasteiger partial charge in [-0.05, 0) is 30.2 Å². The number of anilines is 1. The highest BCUT2D eigenvalue weighted by atomic mass is 32.2. The summed E-state index contributed by atoms with van der Waals surface area (Å²) in [4.78, 5) is 14.1. The lowest BCUT2D eigenvalue weighted by Crippen LogP contribution is -2.34. The summed E-state index contributed by atoms with van der Waals surface area (Å²) in [5.41, 5.74) is 0.887. The number of benzene rings is 2. The van der Waals surface area contributed by atoms with Crippen molar-refractivity contribution in [3.8, 4) is 0 Å². The Kier molecular flexibility index (Phi) is 4.52. The van der Waals surface area contributed by atoms with Crippen LogP contribution in [0.2, 0.25) is 0 Å². The maximum absolute atomic E-state index is 13.5. The molecule has 0 aromatic heterocycles. The number of amides is 1. The Morgan fingerprint density at radius 1 is 1.04 bits per heavy atom. The van der Waals surface area contributed by atoms with Crippen molar-refractivity contribution in [2.75, 3.05) is 24.5 Å². The first-order chi connectivity index (χ1) is 12.9. The van der Waals surface area contributed by atoms with Gasteiger partial charge in [0.25, 0.3) is 0 Å². The second-order valence-corrected chi connectivity index (χ2v) is 9.43. The van der Waals surface area contributed by atoms with Gasteiger partial charge in [-0.1, -0.05) is 36.4 Å². The fourth-order valence-corrected chi connectivity index (χ4v) is 5.69. The van der Waals surface area contributed by atoms with Crippen LogP contribution in [0.4, 0.5) is 10.1 Å². The Labute approximate surface area is 158 Å². The van der Waals surface area contributed by atoms with E-state index in [9.17, 15) is 17.6 Å². The van der Waals surface area contributed by atoms with Crippen molar-refractivity contribution >= 4 is 21.6 Å². The highest BCUT2D eigenvalue weighted by molar-refractivity contribution is 7.88. The molecule has 0 radical (unpaired) electrons. The van der Waals surface area contributed by atoms with E-state index in [1.165, 1.54) is 16.4 Å². The largest absolute Gasteiger partial charge is 0.312 e. The van der Waals surface area contributed by atoms with Crippen LogP contribution >= 0.6 is 0 Å². The molecule has 2 aromatic carbocycles. The first-order valence-electron chi connectivity index (χ1n) is 8.95.